The van der Waals surface area contributed by atoms with Crippen LogP contribution in [0.1, 0.15) is 31.1 Å². The number of non-ortho nitro benzene ring substituents is 1. The first-order valence-electron chi connectivity index (χ1n) is 8.97. The summed E-state index contributed by atoms with van der Waals surface area (Å²) in [5.74, 6) is -1.19. The molecule has 0 aliphatic rings. The molecule has 0 radical (unpaired) electrons. The fourth-order valence-electron chi connectivity index (χ4n) is 2.62. The molecular weight excluding hydrogens is 362 g/mol. The van der Waals surface area contributed by atoms with Crippen LogP contribution in [0, 0.1) is 10.1 Å². The Morgan fingerprint density at radius 1 is 1.14 bits per heavy atom. The molecule has 0 spiro atoms. The lowest BCUT2D eigenvalue weighted by molar-refractivity contribution is -0.384. The van der Waals surface area contributed by atoms with Crippen molar-refractivity contribution in [2.75, 3.05) is 23.3 Å². The summed E-state index contributed by atoms with van der Waals surface area (Å²) in [5, 5.41) is 13.3. The number of nitro groups is 1. The third-order valence-electron chi connectivity index (χ3n) is 4.21. The number of rotatable bonds is 8. The van der Waals surface area contributed by atoms with Gasteiger partial charge in [0.15, 0.2) is 6.10 Å². The molecule has 1 amide bonds. The smallest absolute Gasteiger partial charge is 0.338 e. The summed E-state index contributed by atoms with van der Waals surface area (Å²) in [6.07, 6.45) is -1.06. The number of nitrogens with one attached hydrogen (secondary N) is 1. The molecule has 0 saturated carbocycles. The zero-order valence-electron chi connectivity index (χ0n) is 16.0. The lowest BCUT2D eigenvalue weighted by Crippen LogP contribution is -2.30. The minimum Gasteiger partial charge on any atom is -0.449 e. The van der Waals surface area contributed by atoms with E-state index in [4.69, 9.17) is 4.74 Å². The Labute approximate surface area is 163 Å². The minimum absolute atomic E-state index is 0.143. The molecule has 1 N–H and O–H groups in total. The number of carbonyl (C=O) groups is 2. The van der Waals surface area contributed by atoms with Crippen LogP contribution in [-0.4, -0.2) is 36.0 Å². The molecule has 8 heteroatoms. The van der Waals surface area contributed by atoms with Crippen molar-refractivity contribution >= 4 is 28.9 Å². The molecule has 28 heavy (non-hydrogen) atoms. The van der Waals surface area contributed by atoms with Gasteiger partial charge in [0.05, 0.1) is 10.5 Å². The van der Waals surface area contributed by atoms with Crippen LogP contribution < -0.4 is 10.2 Å². The summed E-state index contributed by atoms with van der Waals surface area (Å²) in [6.45, 7) is 7.25. The first-order valence-corrected chi connectivity index (χ1v) is 8.97. The van der Waals surface area contributed by atoms with Gasteiger partial charge in [0.1, 0.15) is 0 Å². The predicted octanol–water partition coefficient (Wildman–Crippen LogP) is 3.63. The Kier molecular flexibility index (Phi) is 7.08. The summed E-state index contributed by atoms with van der Waals surface area (Å²) in [6, 6.07) is 12.5. The second kappa shape index (κ2) is 9.50. The molecule has 0 aromatic heterocycles. The highest BCUT2D eigenvalue weighted by Crippen LogP contribution is 2.18. The Hall–Kier alpha value is -3.42. The quantitative estimate of drug-likeness (QED) is 0.423. The zero-order valence-corrected chi connectivity index (χ0v) is 16.0. The summed E-state index contributed by atoms with van der Waals surface area (Å²) in [5.41, 5.74) is 1.45. The first-order chi connectivity index (χ1) is 13.3. The van der Waals surface area contributed by atoms with Gasteiger partial charge in [-0.15, -0.1) is 0 Å². The number of carbonyl (C=O) groups excluding carboxylic acids is 2. The maximum atomic E-state index is 12.3. The summed E-state index contributed by atoms with van der Waals surface area (Å²) >= 11 is 0. The molecule has 0 heterocycles. The molecule has 0 aliphatic carbocycles. The lowest BCUT2D eigenvalue weighted by atomic mass is 10.2. The van der Waals surface area contributed by atoms with E-state index in [1.54, 1.807) is 12.1 Å². The van der Waals surface area contributed by atoms with Gasteiger partial charge in [-0.2, -0.15) is 0 Å². The van der Waals surface area contributed by atoms with Gasteiger partial charge in [0.25, 0.3) is 11.6 Å². The van der Waals surface area contributed by atoms with E-state index in [0.29, 0.717) is 5.56 Å². The first kappa shape index (κ1) is 20.9. The largest absolute Gasteiger partial charge is 0.449 e. The van der Waals surface area contributed by atoms with Crippen LogP contribution in [0.2, 0.25) is 0 Å². The summed E-state index contributed by atoms with van der Waals surface area (Å²) in [4.78, 5) is 36.9. The van der Waals surface area contributed by atoms with Crippen LogP contribution in [-0.2, 0) is 9.53 Å². The third kappa shape index (κ3) is 5.29. The third-order valence-corrected chi connectivity index (χ3v) is 4.21. The molecule has 0 aliphatic heterocycles. The van der Waals surface area contributed by atoms with Crippen molar-refractivity contribution in [3.63, 3.8) is 0 Å². The molecule has 0 bridgehead atoms. The Bertz CT molecular complexity index is 847. The molecular formula is C20H23N3O5. The van der Waals surface area contributed by atoms with Gasteiger partial charge >= 0.3 is 5.97 Å². The Morgan fingerprint density at radius 3 is 2.36 bits per heavy atom. The van der Waals surface area contributed by atoms with E-state index < -0.39 is 22.9 Å². The topological polar surface area (TPSA) is 102 Å². The molecule has 1 atom stereocenters. The van der Waals surface area contributed by atoms with Crippen LogP contribution in [0.4, 0.5) is 17.1 Å². The van der Waals surface area contributed by atoms with Gasteiger partial charge in [-0.25, -0.2) is 4.79 Å². The summed E-state index contributed by atoms with van der Waals surface area (Å²) < 4.78 is 5.20. The fraction of sp³-hybridized carbons (Fsp3) is 0.300. The highest BCUT2D eigenvalue weighted by Gasteiger charge is 2.20. The van der Waals surface area contributed by atoms with Crippen molar-refractivity contribution in [3.05, 3.63) is 64.2 Å². The van der Waals surface area contributed by atoms with Gasteiger partial charge < -0.3 is 15.0 Å². The lowest BCUT2D eigenvalue weighted by Gasteiger charge is -2.21. The second-order valence-electron chi connectivity index (χ2n) is 6.06. The highest BCUT2D eigenvalue weighted by atomic mass is 16.6. The van der Waals surface area contributed by atoms with E-state index in [0.717, 1.165) is 18.8 Å². The number of nitro benzene ring substituents is 1. The molecule has 0 saturated heterocycles. The molecule has 2 rings (SSSR count). The van der Waals surface area contributed by atoms with E-state index in [2.05, 4.69) is 10.2 Å². The summed E-state index contributed by atoms with van der Waals surface area (Å²) in [7, 11) is 0. The highest BCUT2D eigenvalue weighted by molar-refractivity contribution is 5.97. The normalized spacial score (nSPS) is 11.4. The van der Waals surface area contributed by atoms with E-state index in [1.807, 2.05) is 26.0 Å². The van der Waals surface area contributed by atoms with Gasteiger partial charge in [0.2, 0.25) is 0 Å². The van der Waals surface area contributed by atoms with Crippen molar-refractivity contribution in [2.45, 2.75) is 26.9 Å². The van der Waals surface area contributed by atoms with Crippen LogP contribution in [0.3, 0.4) is 0 Å². The van der Waals surface area contributed by atoms with E-state index in [1.165, 1.54) is 31.2 Å². The van der Waals surface area contributed by atoms with Crippen molar-refractivity contribution < 1.29 is 19.2 Å². The van der Waals surface area contributed by atoms with Gasteiger partial charge in [-0.1, -0.05) is 6.07 Å². The molecule has 2 aromatic rings. The standard InChI is InChI=1S/C20H23N3O5/c1-4-22(5-2)17-11-9-15(10-12-17)20(25)28-14(3)19(24)21-16-7-6-8-18(13-16)23(26)27/h6-14H,4-5H2,1-3H3,(H,21,24). The molecule has 8 nitrogen and oxygen atoms in total. The van der Waals surface area contributed by atoms with Gasteiger partial charge in [-0.3, -0.25) is 14.9 Å². The second-order valence-corrected chi connectivity index (χ2v) is 6.06. The number of nitrogens with zero attached hydrogens (tertiary/aromatic N) is 2. The predicted molar refractivity (Wildman–Crippen MR) is 107 cm³/mol. The van der Waals surface area contributed by atoms with Crippen molar-refractivity contribution in [2.24, 2.45) is 0 Å². The number of benzene rings is 2. The van der Waals surface area contributed by atoms with Crippen LogP contribution >= 0.6 is 0 Å². The number of anilines is 2. The van der Waals surface area contributed by atoms with Gasteiger partial charge in [-0.05, 0) is 51.1 Å². The molecule has 2 aromatic carbocycles. The Balaban J connectivity index is 1.98. The van der Waals surface area contributed by atoms with Crippen molar-refractivity contribution in [3.8, 4) is 0 Å². The zero-order chi connectivity index (χ0) is 20.7. The minimum atomic E-state index is -1.06. The SMILES string of the molecule is CCN(CC)c1ccc(C(=O)OC(C)C(=O)Nc2cccc([N+](=O)[O-])c2)cc1. The van der Waals surface area contributed by atoms with Crippen LogP contribution in [0.25, 0.3) is 0 Å². The van der Waals surface area contributed by atoms with E-state index in [9.17, 15) is 19.7 Å². The van der Waals surface area contributed by atoms with Crippen LogP contribution in [0.5, 0.6) is 0 Å². The maximum absolute atomic E-state index is 12.3. The monoisotopic (exact) mass is 385 g/mol. The number of hydrogen-bond donors (Lipinski definition) is 1. The maximum Gasteiger partial charge on any atom is 0.338 e. The molecule has 148 valence electrons. The number of amides is 1. The average Bonchev–Trinajstić information content (AvgIpc) is 2.69. The van der Waals surface area contributed by atoms with Crippen LogP contribution in [0.15, 0.2) is 48.5 Å². The number of esters is 1. The Morgan fingerprint density at radius 2 is 1.79 bits per heavy atom. The van der Waals surface area contributed by atoms with E-state index in [-0.39, 0.29) is 11.4 Å². The fourth-order valence-corrected chi connectivity index (χ4v) is 2.62. The van der Waals surface area contributed by atoms with Gasteiger partial charge in [0, 0.05) is 36.6 Å². The number of hydrogen-bond acceptors (Lipinski definition) is 6. The van der Waals surface area contributed by atoms with Crippen molar-refractivity contribution in [1.82, 2.24) is 0 Å². The average molecular weight is 385 g/mol. The molecule has 0 fully saturated rings. The molecule has 1 unspecified atom stereocenters. The van der Waals surface area contributed by atoms with Crippen molar-refractivity contribution in [1.29, 1.82) is 0 Å². The number of ether oxygens (including phenoxy) is 1. The van der Waals surface area contributed by atoms with E-state index >= 15 is 0 Å².